The highest BCUT2D eigenvalue weighted by atomic mass is 16.4. The monoisotopic (exact) mass is 389 g/mol. The molecular weight excluding hydrogens is 366 g/mol. The van der Waals surface area contributed by atoms with E-state index in [0.717, 1.165) is 28.1 Å². The van der Waals surface area contributed by atoms with Crippen LogP contribution in [0, 0.1) is 0 Å². The summed E-state index contributed by atoms with van der Waals surface area (Å²) in [7, 11) is 0. The van der Waals surface area contributed by atoms with Gasteiger partial charge in [0.15, 0.2) is 0 Å². The molecule has 0 aliphatic carbocycles. The maximum absolute atomic E-state index is 12.8. The number of benzene rings is 2. The van der Waals surface area contributed by atoms with Gasteiger partial charge in [-0.1, -0.05) is 54.6 Å². The van der Waals surface area contributed by atoms with Gasteiger partial charge in [0.25, 0.3) is 0 Å². The lowest BCUT2D eigenvalue weighted by Crippen LogP contribution is -2.39. The van der Waals surface area contributed by atoms with Crippen molar-refractivity contribution in [3.63, 3.8) is 0 Å². The van der Waals surface area contributed by atoms with Gasteiger partial charge in [-0.25, -0.2) is 0 Å². The highest BCUT2D eigenvalue weighted by molar-refractivity contribution is 5.79. The largest absolute Gasteiger partial charge is 0.481 e. The fourth-order valence-electron chi connectivity index (χ4n) is 3.63. The molecule has 0 saturated carbocycles. The predicted molar refractivity (Wildman–Crippen MR) is 109 cm³/mol. The van der Waals surface area contributed by atoms with Gasteiger partial charge < -0.3 is 10.0 Å². The summed E-state index contributed by atoms with van der Waals surface area (Å²) in [6.07, 6.45) is 0.851. The third kappa shape index (κ3) is 4.54. The van der Waals surface area contributed by atoms with Crippen molar-refractivity contribution >= 4 is 11.9 Å². The number of carboxylic acids is 1. The van der Waals surface area contributed by atoms with Crippen LogP contribution in [0.5, 0.6) is 0 Å². The minimum absolute atomic E-state index is 0.0675. The molecule has 1 aliphatic heterocycles. The maximum Gasteiger partial charge on any atom is 0.303 e. The quantitative estimate of drug-likeness (QED) is 0.703. The van der Waals surface area contributed by atoms with Gasteiger partial charge in [-0.2, -0.15) is 5.10 Å². The van der Waals surface area contributed by atoms with Crippen LogP contribution in [0.4, 0.5) is 0 Å². The fourth-order valence-corrected chi connectivity index (χ4v) is 3.63. The highest BCUT2D eigenvalue weighted by Crippen LogP contribution is 2.20. The number of aliphatic carboxylic acids is 1. The van der Waals surface area contributed by atoms with Gasteiger partial charge >= 0.3 is 5.97 Å². The first kappa shape index (κ1) is 18.9. The van der Waals surface area contributed by atoms with Gasteiger partial charge in [0.1, 0.15) is 0 Å². The minimum Gasteiger partial charge on any atom is -0.481 e. The van der Waals surface area contributed by atoms with E-state index in [1.165, 1.54) is 0 Å². The van der Waals surface area contributed by atoms with E-state index >= 15 is 0 Å². The Morgan fingerprint density at radius 3 is 2.41 bits per heavy atom. The standard InChI is InChI=1S/C23H23N3O3/c27-22(14-17-6-8-19(9-7-17)18-4-2-1-3-5-18)25-12-13-26-21(16-25)15-20(24-26)10-11-23(28)29/h1-9,15H,10-14,16H2,(H,28,29). The van der Waals surface area contributed by atoms with Gasteiger partial charge in [0.2, 0.25) is 5.91 Å². The highest BCUT2D eigenvalue weighted by Gasteiger charge is 2.22. The molecule has 0 saturated heterocycles. The molecule has 0 bridgehead atoms. The van der Waals surface area contributed by atoms with E-state index in [9.17, 15) is 9.59 Å². The molecule has 0 atom stereocenters. The summed E-state index contributed by atoms with van der Waals surface area (Å²) in [4.78, 5) is 25.4. The van der Waals surface area contributed by atoms with Gasteiger partial charge in [-0.3, -0.25) is 14.3 Å². The Morgan fingerprint density at radius 2 is 1.69 bits per heavy atom. The number of hydrogen-bond donors (Lipinski definition) is 1. The molecule has 6 heteroatoms. The molecule has 1 aromatic heterocycles. The van der Waals surface area contributed by atoms with Crippen LogP contribution in [-0.2, 0) is 35.5 Å². The molecule has 0 fully saturated rings. The predicted octanol–water partition coefficient (Wildman–Crippen LogP) is 3.15. The Bertz CT molecular complexity index is 1010. The lowest BCUT2D eigenvalue weighted by molar-refractivity contribution is -0.137. The topological polar surface area (TPSA) is 75.4 Å². The van der Waals surface area contributed by atoms with E-state index in [4.69, 9.17) is 5.11 Å². The van der Waals surface area contributed by atoms with Crippen molar-refractivity contribution in [2.45, 2.75) is 32.4 Å². The van der Waals surface area contributed by atoms with Crippen molar-refractivity contribution in [2.24, 2.45) is 0 Å². The Hall–Kier alpha value is -3.41. The molecule has 2 heterocycles. The number of rotatable bonds is 6. The van der Waals surface area contributed by atoms with Crippen LogP contribution in [0.3, 0.4) is 0 Å². The van der Waals surface area contributed by atoms with Crippen LogP contribution in [-0.4, -0.2) is 38.2 Å². The molecule has 148 valence electrons. The van der Waals surface area contributed by atoms with E-state index in [2.05, 4.69) is 29.4 Å². The summed E-state index contributed by atoms with van der Waals surface area (Å²) in [6.45, 7) is 1.77. The van der Waals surface area contributed by atoms with Crippen LogP contribution >= 0.6 is 0 Å². The van der Waals surface area contributed by atoms with Crippen molar-refractivity contribution in [2.75, 3.05) is 6.54 Å². The van der Waals surface area contributed by atoms with Crippen LogP contribution in [0.25, 0.3) is 11.1 Å². The molecule has 3 aromatic rings. The Labute approximate surface area is 169 Å². The van der Waals surface area contributed by atoms with Gasteiger partial charge in [0.05, 0.1) is 37.3 Å². The molecular formula is C23H23N3O3. The second-order valence-corrected chi connectivity index (χ2v) is 7.30. The Morgan fingerprint density at radius 1 is 0.966 bits per heavy atom. The van der Waals surface area contributed by atoms with Crippen molar-refractivity contribution in [3.8, 4) is 11.1 Å². The third-order valence-corrected chi connectivity index (χ3v) is 5.21. The molecule has 29 heavy (non-hydrogen) atoms. The molecule has 1 amide bonds. The first-order chi connectivity index (χ1) is 14.1. The molecule has 6 nitrogen and oxygen atoms in total. The summed E-state index contributed by atoms with van der Waals surface area (Å²) in [5, 5.41) is 13.3. The number of carboxylic acid groups (broad SMARTS) is 1. The molecule has 0 unspecified atom stereocenters. The molecule has 0 spiro atoms. The number of fused-ring (bicyclic) bond motifs is 1. The van der Waals surface area contributed by atoms with Gasteiger partial charge in [0, 0.05) is 13.0 Å². The smallest absolute Gasteiger partial charge is 0.303 e. The van der Waals surface area contributed by atoms with E-state index in [-0.39, 0.29) is 12.3 Å². The first-order valence-corrected chi connectivity index (χ1v) is 9.78. The molecule has 0 radical (unpaired) electrons. The number of aromatic nitrogens is 2. The van der Waals surface area contributed by atoms with Crippen LogP contribution in [0.1, 0.15) is 23.4 Å². The Balaban J connectivity index is 1.37. The fraction of sp³-hybridized carbons (Fsp3) is 0.261. The summed E-state index contributed by atoms with van der Waals surface area (Å²) < 4.78 is 1.88. The van der Waals surface area contributed by atoms with E-state index in [1.807, 2.05) is 46.0 Å². The van der Waals surface area contributed by atoms with Crippen LogP contribution < -0.4 is 0 Å². The number of carbonyl (C=O) groups excluding carboxylic acids is 1. The van der Waals surface area contributed by atoms with E-state index < -0.39 is 5.97 Å². The average molecular weight is 389 g/mol. The van der Waals surface area contributed by atoms with Crippen molar-refractivity contribution in [1.29, 1.82) is 0 Å². The zero-order chi connectivity index (χ0) is 20.2. The maximum atomic E-state index is 12.8. The van der Waals surface area contributed by atoms with Crippen LogP contribution in [0.15, 0.2) is 60.7 Å². The number of aryl methyl sites for hydroxylation is 1. The molecule has 2 aromatic carbocycles. The van der Waals surface area contributed by atoms with Gasteiger partial charge in [-0.05, 0) is 22.8 Å². The minimum atomic E-state index is -0.828. The summed E-state index contributed by atoms with van der Waals surface area (Å²) in [6, 6.07) is 20.2. The number of nitrogens with zero attached hydrogens (tertiary/aromatic N) is 3. The SMILES string of the molecule is O=C(O)CCc1cc2n(n1)CCN(C(=O)Cc1ccc(-c3ccccc3)cc1)C2. The average Bonchev–Trinajstić information content (AvgIpc) is 3.15. The molecule has 1 N–H and O–H groups in total. The number of hydrogen-bond acceptors (Lipinski definition) is 3. The lowest BCUT2D eigenvalue weighted by Gasteiger charge is -2.27. The second-order valence-electron chi connectivity index (χ2n) is 7.30. The Kier molecular flexibility index (Phi) is 5.42. The summed E-state index contributed by atoms with van der Waals surface area (Å²) in [5.41, 5.74) is 5.03. The third-order valence-electron chi connectivity index (χ3n) is 5.21. The molecule has 4 rings (SSSR count). The number of carbonyl (C=O) groups is 2. The lowest BCUT2D eigenvalue weighted by atomic mass is 10.0. The van der Waals surface area contributed by atoms with E-state index in [1.54, 1.807) is 0 Å². The van der Waals surface area contributed by atoms with Crippen LogP contribution in [0.2, 0.25) is 0 Å². The molecule has 1 aliphatic rings. The summed E-state index contributed by atoms with van der Waals surface area (Å²) in [5.74, 6) is -0.733. The van der Waals surface area contributed by atoms with Crippen molar-refractivity contribution in [1.82, 2.24) is 14.7 Å². The van der Waals surface area contributed by atoms with Gasteiger partial charge in [-0.15, -0.1) is 0 Å². The zero-order valence-electron chi connectivity index (χ0n) is 16.1. The zero-order valence-corrected chi connectivity index (χ0v) is 16.1. The number of amides is 1. The second kappa shape index (κ2) is 8.31. The van der Waals surface area contributed by atoms with E-state index in [0.29, 0.717) is 32.5 Å². The summed E-state index contributed by atoms with van der Waals surface area (Å²) >= 11 is 0. The first-order valence-electron chi connectivity index (χ1n) is 9.78. The van der Waals surface area contributed by atoms with Crippen molar-refractivity contribution < 1.29 is 14.7 Å². The normalized spacial score (nSPS) is 13.2. The van der Waals surface area contributed by atoms with Crippen molar-refractivity contribution in [3.05, 3.63) is 77.6 Å².